The Hall–Kier alpha value is -4.96. The summed E-state index contributed by atoms with van der Waals surface area (Å²) in [6, 6.07) is 12.6. The van der Waals surface area contributed by atoms with E-state index in [-0.39, 0.29) is 34.9 Å². The Balaban J connectivity index is 0.000000242. The van der Waals surface area contributed by atoms with Crippen molar-refractivity contribution in [2.24, 2.45) is 0 Å². The summed E-state index contributed by atoms with van der Waals surface area (Å²) in [7, 11) is 7.17. The zero-order valence-electron chi connectivity index (χ0n) is 41.6. The van der Waals surface area contributed by atoms with Crippen molar-refractivity contribution in [2.75, 3.05) is 97.2 Å². The Morgan fingerprint density at radius 1 is 1.04 bits per heavy atom. The molecule has 17 nitrogen and oxygen atoms in total. The zero-order chi connectivity index (χ0) is 51.0. The number of piperazine rings is 1. The van der Waals surface area contributed by atoms with Gasteiger partial charge < -0.3 is 50.2 Å². The summed E-state index contributed by atoms with van der Waals surface area (Å²) < 4.78 is 28.1. The van der Waals surface area contributed by atoms with Crippen LogP contribution in [0.1, 0.15) is 62.2 Å². The monoisotopic (exact) mass is 1030 g/mol. The van der Waals surface area contributed by atoms with Crippen LogP contribution in [0.25, 0.3) is 10.4 Å². The van der Waals surface area contributed by atoms with E-state index in [1.807, 2.05) is 36.5 Å². The number of hydrogen-bond donors (Lipinski definition) is 4. The molecule has 3 aliphatic heterocycles. The molecule has 382 valence electrons. The normalized spacial score (nSPS) is 17.8. The standard InChI is InChI=1S/C27H38N4O4S2.C18H23ClN6O2.C4H7FO/c1-18-23(36-17-30-18)20-9-7-19(8-10-20)14-29-25(32)22-6-5-11-31(22)26(33)24(28-4)27(2,3)37-16-21-15-34-12-13-35-21;1-20-16-13(19)11-21-18(23-16)22-14-5-4-12(10-15(14)27-3)17(26)25-8-6-24(2)7-9-25;1-4(2,5)3-6/h7-10,17,21-22,24,28H,5-6,11-16H2,1-4H3,(H,29,32);4-5,10-11H,6-9H2,1-3H3,(H2,20,21,22,23);3H,1-2H3/t21-,22-,24?;;/m0../s1. The Morgan fingerprint density at radius 3 is 2.36 bits per heavy atom. The van der Waals surface area contributed by atoms with Gasteiger partial charge in [0, 0.05) is 62.4 Å². The number of thioether (sulfide) groups is 1. The van der Waals surface area contributed by atoms with Crippen LogP contribution in [0.2, 0.25) is 5.02 Å². The van der Waals surface area contributed by atoms with Gasteiger partial charge in [-0.3, -0.25) is 19.2 Å². The van der Waals surface area contributed by atoms with Gasteiger partial charge >= 0.3 is 0 Å². The van der Waals surface area contributed by atoms with Crippen LogP contribution < -0.4 is 26.0 Å². The van der Waals surface area contributed by atoms with Gasteiger partial charge in [-0.1, -0.05) is 35.9 Å². The number of ether oxygens (including phenoxy) is 3. The SMILES string of the molecule is CC(C)(F)C=O.CNC(C(=O)N1CCC[C@H]1C(=O)NCc1ccc(-c2scnc2C)cc1)C(C)(C)SC[C@@H]1COCCO1.CNc1nc(Nc2ccc(C(=O)N3CCN(C)CC3)cc2OC)ncc1Cl. The lowest BCUT2D eigenvalue weighted by molar-refractivity contribution is -0.140. The third-order valence-corrected chi connectivity index (χ3v) is 14.5. The van der Waals surface area contributed by atoms with E-state index in [0.29, 0.717) is 73.1 Å². The van der Waals surface area contributed by atoms with Crippen molar-refractivity contribution in [2.45, 2.75) is 82.6 Å². The van der Waals surface area contributed by atoms with Crippen LogP contribution in [0.5, 0.6) is 5.75 Å². The number of benzene rings is 2. The first kappa shape index (κ1) is 56.0. The maximum Gasteiger partial charge on any atom is 0.254 e. The lowest BCUT2D eigenvalue weighted by Crippen LogP contribution is -2.58. The molecule has 0 bridgehead atoms. The number of methoxy groups -OCH3 is 1. The lowest BCUT2D eigenvalue weighted by atomic mass is 10.0. The molecule has 5 heterocycles. The van der Waals surface area contributed by atoms with Gasteiger partial charge in [-0.05, 0) is 90.9 Å². The predicted molar refractivity (Wildman–Crippen MR) is 276 cm³/mol. The summed E-state index contributed by atoms with van der Waals surface area (Å²) >= 11 is 9.34. The Kier molecular flexibility index (Phi) is 21.2. The number of aromatic nitrogens is 3. The van der Waals surface area contributed by atoms with E-state index in [1.165, 1.54) is 20.0 Å². The fourth-order valence-corrected chi connectivity index (χ4v) is 9.95. The number of likely N-dealkylation sites (tertiary alicyclic amines) is 1. The molecule has 3 amide bonds. The van der Waals surface area contributed by atoms with Crippen LogP contribution in [-0.4, -0.2) is 169 Å². The van der Waals surface area contributed by atoms with E-state index < -0.39 is 17.8 Å². The van der Waals surface area contributed by atoms with Gasteiger partial charge in [0.15, 0.2) is 12.0 Å². The fourth-order valence-electron chi connectivity index (χ4n) is 7.76. The maximum atomic E-state index is 13.7. The van der Waals surface area contributed by atoms with E-state index in [4.69, 9.17) is 25.8 Å². The number of hydrogen-bond acceptors (Lipinski definition) is 16. The molecule has 21 heteroatoms. The van der Waals surface area contributed by atoms with Crippen molar-refractivity contribution in [1.29, 1.82) is 0 Å². The molecule has 2 aromatic heterocycles. The first-order chi connectivity index (χ1) is 33.4. The molecular weight excluding hydrogens is 959 g/mol. The summed E-state index contributed by atoms with van der Waals surface area (Å²) in [5, 5.41) is 12.7. The Morgan fingerprint density at radius 2 is 1.76 bits per heavy atom. The highest BCUT2D eigenvalue weighted by atomic mass is 35.5. The summed E-state index contributed by atoms with van der Waals surface area (Å²) in [5.74, 6) is 2.08. The lowest BCUT2D eigenvalue weighted by Gasteiger charge is -2.37. The number of amides is 3. The highest BCUT2D eigenvalue weighted by molar-refractivity contribution is 8.00. The fraction of sp³-hybridized carbons (Fsp3) is 0.531. The molecule has 1 unspecified atom stereocenters. The van der Waals surface area contributed by atoms with Gasteiger partial charge in [0.1, 0.15) is 28.7 Å². The van der Waals surface area contributed by atoms with E-state index in [1.54, 1.807) is 60.4 Å². The second-order valence-corrected chi connectivity index (χ2v) is 21.0. The number of alkyl halides is 1. The van der Waals surface area contributed by atoms with Gasteiger partial charge in [-0.2, -0.15) is 16.7 Å². The molecule has 2 aromatic carbocycles. The van der Waals surface area contributed by atoms with Gasteiger partial charge in [0.05, 0.1) is 61.0 Å². The smallest absolute Gasteiger partial charge is 0.254 e. The maximum absolute atomic E-state index is 13.7. The molecule has 4 aromatic rings. The number of carbonyl (C=O) groups excluding carboxylic acids is 4. The van der Waals surface area contributed by atoms with Crippen LogP contribution in [-0.2, 0) is 30.4 Å². The third-order valence-electron chi connectivity index (χ3n) is 11.8. The molecule has 0 spiro atoms. The largest absolute Gasteiger partial charge is 0.495 e. The number of thiazole rings is 1. The summed E-state index contributed by atoms with van der Waals surface area (Å²) in [6.45, 7) is 14.6. The number of likely N-dealkylation sites (N-methyl/N-ethyl adjacent to an activating group) is 2. The third kappa shape index (κ3) is 16.0. The van der Waals surface area contributed by atoms with Crippen LogP contribution in [0.15, 0.2) is 54.2 Å². The van der Waals surface area contributed by atoms with E-state index in [2.05, 4.69) is 74.1 Å². The minimum atomic E-state index is -1.64. The predicted octanol–water partition coefficient (Wildman–Crippen LogP) is 6.49. The Bertz CT molecular complexity index is 2340. The number of aryl methyl sites for hydroxylation is 1. The topological polar surface area (TPSA) is 192 Å². The number of nitrogens with one attached hydrogen (secondary N) is 4. The second-order valence-electron chi connectivity index (χ2n) is 18.0. The van der Waals surface area contributed by atoms with Crippen LogP contribution in [0.3, 0.4) is 0 Å². The van der Waals surface area contributed by atoms with Crippen molar-refractivity contribution in [1.82, 2.24) is 40.3 Å². The van der Waals surface area contributed by atoms with Crippen molar-refractivity contribution in [3.8, 4) is 16.2 Å². The van der Waals surface area contributed by atoms with Gasteiger partial charge in [-0.15, -0.1) is 11.3 Å². The number of anilines is 3. The average molecular weight is 1030 g/mol. The van der Waals surface area contributed by atoms with Gasteiger partial charge in [0.2, 0.25) is 17.8 Å². The van der Waals surface area contributed by atoms with E-state index >= 15 is 0 Å². The average Bonchev–Trinajstić information content (AvgIpc) is 4.04. The minimum absolute atomic E-state index is 0.00756. The number of rotatable bonds is 16. The van der Waals surface area contributed by atoms with Crippen LogP contribution in [0.4, 0.5) is 21.8 Å². The summed E-state index contributed by atoms with van der Waals surface area (Å²) in [5.41, 5.74) is 4.64. The number of halogens is 2. The van der Waals surface area contributed by atoms with E-state index in [0.717, 1.165) is 60.1 Å². The quantitative estimate of drug-likeness (QED) is 0.0891. The van der Waals surface area contributed by atoms with Crippen LogP contribution in [0, 0.1) is 6.92 Å². The summed E-state index contributed by atoms with van der Waals surface area (Å²) in [4.78, 5) is 68.8. The summed E-state index contributed by atoms with van der Waals surface area (Å²) in [6.07, 6.45) is 3.33. The minimum Gasteiger partial charge on any atom is -0.495 e. The molecule has 3 atom stereocenters. The van der Waals surface area contributed by atoms with Crippen molar-refractivity contribution < 1.29 is 37.8 Å². The molecular formula is C49H68ClFN10O7S2. The van der Waals surface area contributed by atoms with Crippen molar-refractivity contribution in [3.05, 3.63) is 76.0 Å². The second kappa shape index (κ2) is 26.5. The molecule has 3 aliphatic rings. The molecule has 3 saturated heterocycles. The first-order valence-corrected chi connectivity index (χ1v) is 25.5. The van der Waals surface area contributed by atoms with Gasteiger partial charge in [0.25, 0.3) is 5.91 Å². The van der Waals surface area contributed by atoms with Crippen molar-refractivity contribution in [3.63, 3.8) is 0 Å². The number of aldehydes is 1. The zero-order valence-corrected chi connectivity index (χ0v) is 44.0. The molecule has 0 radical (unpaired) electrons. The highest BCUT2D eigenvalue weighted by Gasteiger charge is 2.43. The molecule has 4 N–H and O–H groups in total. The highest BCUT2D eigenvalue weighted by Crippen LogP contribution is 2.33. The molecule has 3 fully saturated rings. The molecule has 0 aliphatic carbocycles. The first-order valence-electron chi connectivity index (χ1n) is 23.2. The number of carbonyl (C=O) groups is 4. The number of nitrogens with zero attached hydrogens (tertiary/aromatic N) is 6. The van der Waals surface area contributed by atoms with Crippen molar-refractivity contribution >= 4 is 76.2 Å². The molecule has 70 heavy (non-hydrogen) atoms. The Labute approximate surface area is 424 Å². The van der Waals surface area contributed by atoms with E-state index in [9.17, 15) is 23.6 Å². The molecule has 7 rings (SSSR count). The molecule has 0 saturated carbocycles. The van der Waals surface area contributed by atoms with Gasteiger partial charge in [-0.25, -0.2) is 14.4 Å². The van der Waals surface area contributed by atoms with Crippen LogP contribution >= 0.6 is 34.7 Å².